The predicted octanol–water partition coefficient (Wildman–Crippen LogP) is 2.25. The molecule has 0 saturated carbocycles. The Labute approximate surface area is 168 Å². The van der Waals surface area contributed by atoms with Crippen LogP contribution in [0.5, 0.6) is 0 Å². The van der Waals surface area contributed by atoms with Crippen molar-refractivity contribution in [1.29, 1.82) is 0 Å². The molecule has 0 aliphatic heterocycles. The summed E-state index contributed by atoms with van der Waals surface area (Å²) in [5.74, 6) is -0.250. The van der Waals surface area contributed by atoms with E-state index in [9.17, 15) is 18.0 Å². The van der Waals surface area contributed by atoms with Gasteiger partial charge in [-0.05, 0) is 61.1 Å². The zero-order valence-electron chi connectivity index (χ0n) is 15.7. The summed E-state index contributed by atoms with van der Waals surface area (Å²) in [6.45, 7) is 4.17. The van der Waals surface area contributed by atoms with Gasteiger partial charge in [-0.25, -0.2) is 13.1 Å². The quantitative estimate of drug-likeness (QED) is 0.644. The molecule has 0 saturated heterocycles. The molecule has 0 radical (unpaired) electrons. The van der Waals surface area contributed by atoms with Crippen molar-refractivity contribution in [3.8, 4) is 0 Å². The van der Waals surface area contributed by atoms with Gasteiger partial charge >= 0.3 is 0 Å². The number of hydrazine groups is 1. The van der Waals surface area contributed by atoms with Crippen molar-refractivity contribution >= 4 is 33.2 Å². The lowest BCUT2D eigenvalue weighted by Gasteiger charge is -2.16. The fourth-order valence-corrected chi connectivity index (χ4v) is 5.27. The number of aryl methyl sites for hydroxylation is 1. The van der Waals surface area contributed by atoms with Crippen LogP contribution in [0.3, 0.4) is 0 Å². The molecule has 1 atom stereocenters. The van der Waals surface area contributed by atoms with E-state index < -0.39 is 15.9 Å². The molecule has 3 N–H and O–H groups in total. The minimum absolute atomic E-state index is 0.0772. The standard InChI is InChI=1S/C19H23N3O4S2/c1-3-20-28(25,26)15-7-5-13(6-8-15)18(23)21-22-19(24)17-11-14-10-12(2)4-9-16(14)27-17/h5-8,11-12,20H,3-4,9-10H2,1-2H3,(H,21,23)(H,22,24). The Bertz CT molecular complexity index is 981. The van der Waals surface area contributed by atoms with Gasteiger partial charge in [0.25, 0.3) is 11.8 Å². The first-order valence-corrected chi connectivity index (χ1v) is 11.4. The summed E-state index contributed by atoms with van der Waals surface area (Å²) >= 11 is 1.47. The van der Waals surface area contributed by atoms with Crippen LogP contribution in [0.2, 0.25) is 0 Å². The smallest absolute Gasteiger partial charge is 0.267 e. The Morgan fingerprint density at radius 1 is 1.14 bits per heavy atom. The van der Waals surface area contributed by atoms with Crippen molar-refractivity contribution in [1.82, 2.24) is 15.6 Å². The maximum atomic E-state index is 12.3. The van der Waals surface area contributed by atoms with E-state index in [0.717, 1.165) is 19.3 Å². The first-order chi connectivity index (χ1) is 13.3. The molecule has 1 aromatic carbocycles. The number of fused-ring (bicyclic) bond motifs is 1. The van der Waals surface area contributed by atoms with Gasteiger partial charge in [0.1, 0.15) is 0 Å². The lowest BCUT2D eigenvalue weighted by molar-refractivity contribution is 0.0849. The predicted molar refractivity (Wildman–Crippen MR) is 108 cm³/mol. The monoisotopic (exact) mass is 421 g/mol. The first-order valence-electron chi connectivity index (χ1n) is 9.12. The number of benzene rings is 1. The lowest BCUT2D eigenvalue weighted by Crippen LogP contribution is -2.41. The summed E-state index contributed by atoms with van der Waals surface area (Å²) in [5.41, 5.74) is 6.26. The Hall–Kier alpha value is -2.23. The number of hydrogen-bond donors (Lipinski definition) is 3. The van der Waals surface area contributed by atoms with Crippen molar-refractivity contribution in [2.75, 3.05) is 6.54 Å². The third kappa shape index (κ3) is 4.60. The number of hydrogen-bond acceptors (Lipinski definition) is 5. The fourth-order valence-electron chi connectivity index (χ4n) is 3.12. The highest BCUT2D eigenvalue weighted by atomic mass is 32.2. The Morgan fingerprint density at radius 3 is 2.50 bits per heavy atom. The van der Waals surface area contributed by atoms with E-state index in [-0.39, 0.29) is 22.9 Å². The van der Waals surface area contributed by atoms with Crippen molar-refractivity contribution in [3.63, 3.8) is 0 Å². The summed E-state index contributed by atoms with van der Waals surface area (Å²) in [5, 5.41) is 0. The van der Waals surface area contributed by atoms with E-state index in [1.807, 2.05) is 6.07 Å². The molecular weight excluding hydrogens is 398 g/mol. The molecule has 0 spiro atoms. The normalized spacial score (nSPS) is 16.3. The molecule has 1 aliphatic carbocycles. The number of carbonyl (C=O) groups is 2. The summed E-state index contributed by atoms with van der Waals surface area (Å²) in [7, 11) is -3.57. The SMILES string of the molecule is CCNS(=O)(=O)c1ccc(C(=O)NNC(=O)c2cc3c(s2)CCC(C)C3)cc1. The minimum Gasteiger partial charge on any atom is -0.267 e. The van der Waals surface area contributed by atoms with E-state index in [1.165, 1.54) is 46.0 Å². The number of carbonyl (C=O) groups excluding carboxylic acids is 2. The molecule has 7 nitrogen and oxygen atoms in total. The van der Waals surface area contributed by atoms with Crippen molar-refractivity contribution in [2.45, 2.75) is 38.0 Å². The van der Waals surface area contributed by atoms with Crippen LogP contribution in [-0.4, -0.2) is 26.8 Å². The van der Waals surface area contributed by atoms with Crippen LogP contribution < -0.4 is 15.6 Å². The minimum atomic E-state index is -3.57. The molecule has 28 heavy (non-hydrogen) atoms. The van der Waals surface area contributed by atoms with Crippen LogP contribution in [0, 0.1) is 5.92 Å². The Balaban J connectivity index is 1.60. The van der Waals surface area contributed by atoms with Crippen LogP contribution in [0.1, 0.15) is 50.7 Å². The molecule has 1 aromatic heterocycles. The van der Waals surface area contributed by atoms with Crippen LogP contribution in [0.25, 0.3) is 0 Å². The van der Waals surface area contributed by atoms with Gasteiger partial charge in [0.05, 0.1) is 9.77 Å². The van der Waals surface area contributed by atoms with Crippen LogP contribution in [0.4, 0.5) is 0 Å². The number of nitrogens with one attached hydrogen (secondary N) is 3. The lowest BCUT2D eigenvalue weighted by atomic mass is 9.90. The molecule has 1 heterocycles. The van der Waals surface area contributed by atoms with E-state index in [0.29, 0.717) is 10.8 Å². The maximum absolute atomic E-state index is 12.3. The highest BCUT2D eigenvalue weighted by Gasteiger charge is 2.21. The van der Waals surface area contributed by atoms with Crippen molar-refractivity contribution < 1.29 is 18.0 Å². The highest BCUT2D eigenvalue weighted by molar-refractivity contribution is 7.89. The molecule has 3 rings (SSSR count). The largest absolute Gasteiger partial charge is 0.279 e. The number of sulfonamides is 1. The highest BCUT2D eigenvalue weighted by Crippen LogP contribution is 2.32. The van der Waals surface area contributed by atoms with Gasteiger partial charge in [0.2, 0.25) is 10.0 Å². The van der Waals surface area contributed by atoms with E-state index in [4.69, 9.17) is 0 Å². The Morgan fingerprint density at radius 2 is 1.82 bits per heavy atom. The maximum Gasteiger partial charge on any atom is 0.279 e. The number of thiophene rings is 1. The summed E-state index contributed by atoms with van der Waals surface area (Å²) in [6, 6.07) is 7.40. The molecular formula is C19H23N3O4S2. The topological polar surface area (TPSA) is 104 Å². The van der Waals surface area contributed by atoms with Crippen LogP contribution in [-0.2, 0) is 22.9 Å². The molecule has 150 valence electrons. The van der Waals surface area contributed by atoms with Crippen LogP contribution in [0.15, 0.2) is 35.2 Å². The van der Waals surface area contributed by atoms with Gasteiger partial charge in [-0.15, -0.1) is 11.3 Å². The van der Waals surface area contributed by atoms with Gasteiger partial charge < -0.3 is 0 Å². The van der Waals surface area contributed by atoms with Crippen LogP contribution >= 0.6 is 11.3 Å². The average Bonchev–Trinajstić information content (AvgIpc) is 3.09. The molecule has 1 aliphatic rings. The van der Waals surface area contributed by atoms with Crippen molar-refractivity contribution in [2.24, 2.45) is 5.92 Å². The third-order valence-corrected chi connectivity index (χ3v) is 7.40. The van der Waals surface area contributed by atoms with Gasteiger partial charge in [-0.2, -0.15) is 0 Å². The molecule has 2 amide bonds. The molecule has 0 fully saturated rings. The number of rotatable bonds is 5. The molecule has 9 heteroatoms. The average molecular weight is 422 g/mol. The van der Waals surface area contributed by atoms with E-state index >= 15 is 0 Å². The Kier molecular flexibility index (Phi) is 6.17. The first kappa shape index (κ1) is 20.5. The molecule has 0 bridgehead atoms. The zero-order valence-corrected chi connectivity index (χ0v) is 17.4. The fraction of sp³-hybridized carbons (Fsp3) is 0.368. The second-order valence-corrected chi connectivity index (χ2v) is 9.74. The summed E-state index contributed by atoms with van der Waals surface area (Å²) in [4.78, 5) is 26.4. The zero-order chi connectivity index (χ0) is 20.3. The number of amides is 2. The molecule has 2 aromatic rings. The van der Waals surface area contributed by atoms with Gasteiger partial charge in [-0.1, -0.05) is 13.8 Å². The van der Waals surface area contributed by atoms with Gasteiger partial charge in [0, 0.05) is 17.0 Å². The van der Waals surface area contributed by atoms with E-state index in [2.05, 4.69) is 22.5 Å². The third-order valence-electron chi connectivity index (χ3n) is 4.60. The van der Waals surface area contributed by atoms with Crippen molar-refractivity contribution in [3.05, 3.63) is 51.2 Å². The summed E-state index contributed by atoms with van der Waals surface area (Å²) in [6.07, 6.45) is 3.10. The second kappa shape index (κ2) is 8.42. The molecule has 1 unspecified atom stereocenters. The van der Waals surface area contributed by atoms with E-state index in [1.54, 1.807) is 6.92 Å². The second-order valence-electron chi connectivity index (χ2n) is 6.84. The van der Waals surface area contributed by atoms with Gasteiger partial charge in [0.15, 0.2) is 0 Å². The summed E-state index contributed by atoms with van der Waals surface area (Å²) < 4.78 is 26.2. The van der Waals surface area contributed by atoms with Gasteiger partial charge in [-0.3, -0.25) is 20.4 Å².